The molecule has 0 fully saturated rings. The number of halogens is 4. The lowest BCUT2D eigenvalue weighted by Gasteiger charge is -2.10. The lowest BCUT2D eigenvalue weighted by Crippen LogP contribution is -2.08. The van der Waals surface area contributed by atoms with Gasteiger partial charge in [0.1, 0.15) is 11.2 Å². The first-order valence-corrected chi connectivity index (χ1v) is 6.98. The summed E-state index contributed by atoms with van der Waals surface area (Å²) in [6.45, 7) is 0. The maximum atomic E-state index is 12.8. The van der Waals surface area contributed by atoms with E-state index in [1.54, 1.807) is 18.2 Å². The topological polar surface area (TPSA) is 17.1 Å². The highest BCUT2D eigenvalue weighted by molar-refractivity contribution is 9.10. The largest absolute Gasteiger partial charge is 0.292 e. The molecule has 2 rings (SSSR count). The summed E-state index contributed by atoms with van der Waals surface area (Å²) in [6.07, 6.45) is 0. The predicted octanol–water partition coefficient (Wildman–Crippen LogP) is 5.40. The average molecular weight is 362 g/mol. The molecule has 0 bridgehead atoms. The molecule has 19 heavy (non-hydrogen) atoms. The maximum absolute atomic E-state index is 12.8. The van der Waals surface area contributed by atoms with Crippen LogP contribution in [0.1, 0.15) is 21.3 Å². The lowest BCUT2D eigenvalue weighted by atomic mass is 10.0. The van der Waals surface area contributed by atoms with E-state index >= 15 is 0 Å². The van der Waals surface area contributed by atoms with Crippen molar-refractivity contribution >= 4 is 44.9 Å². The van der Waals surface area contributed by atoms with Crippen molar-refractivity contribution in [3.05, 3.63) is 68.9 Å². The van der Waals surface area contributed by atoms with Gasteiger partial charge in [-0.05, 0) is 51.8 Å². The number of rotatable bonds is 3. The van der Waals surface area contributed by atoms with Gasteiger partial charge in [-0.15, -0.1) is 11.6 Å². The Morgan fingerprint density at radius 3 is 2.37 bits per heavy atom. The molecular weight excluding hydrogens is 354 g/mol. The molecule has 0 radical (unpaired) electrons. The van der Waals surface area contributed by atoms with Gasteiger partial charge in [-0.25, -0.2) is 4.39 Å². The SMILES string of the molecule is O=C(c1ccc(Cl)cc1Br)C(Cl)c1ccc(F)cc1. The van der Waals surface area contributed by atoms with Crippen molar-refractivity contribution in [3.8, 4) is 0 Å². The number of benzene rings is 2. The van der Waals surface area contributed by atoms with Crippen molar-refractivity contribution in [1.29, 1.82) is 0 Å². The van der Waals surface area contributed by atoms with Crippen molar-refractivity contribution in [1.82, 2.24) is 0 Å². The van der Waals surface area contributed by atoms with Crippen LogP contribution in [0, 0.1) is 5.82 Å². The van der Waals surface area contributed by atoms with Crippen LogP contribution in [-0.2, 0) is 0 Å². The van der Waals surface area contributed by atoms with Crippen LogP contribution in [0.3, 0.4) is 0 Å². The summed E-state index contributed by atoms with van der Waals surface area (Å²) < 4.78 is 13.4. The van der Waals surface area contributed by atoms with Crippen LogP contribution >= 0.6 is 39.1 Å². The zero-order valence-corrected chi connectivity index (χ0v) is 12.6. The Morgan fingerprint density at radius 2 is 1.79 bits per heavy atom. The average Bonchev–Trinajstić information content (AvgIpc) is 2.38. The van der Waals surface area contributed by atoms with Crippen LogP contribution in [-0.4, -0.2) is 5.78 Å². The predicted molar refractivity (Wildman–Crippen MR) is 78.5 cm³/mol. The van der Waals surface area contributed by atoms with Crippen LogP contribution in [0.15, 0.2) is 46.9 Å². The second-order valence-corrected chi connectivity index (χ2v) is 5.63. The first-order valence-electron chi connectivity index (χ1n) is 5.38. The Morgan fingerprint density at radius 1 is 1.16 bits per heavy atom. The zero-order valence-electron chi connectivity index (χ0n) is 9.54. The summed E-state index contributed by atoms with van der Waals surface area (Å²) in [5.41, 5.74) is 0.989. The lowest BCUT2D eigenvalue weighted by molar-refractivity contribution is 0.0986. The van der Waals surface area contributed by atoms with Crippen molar-refractivity contribution < 1.29 is 9.18 Å². The Hall–Kier alpha value is -0.900. The van der Waals surface area contributed by atoms with E-state index in [2.05, 4.69) is 15.9 Å². The number of hydrogen-bond donors (Lipinski definition) is 0. The third-order valence-electron chi connectivity index (χ3n) is 2.59. The second kappa shape index (κ2) is 6.04. The third kappa shape index (κ3) is 3.35. The first-order chi connectivity index (χ1) is 8.99. The van der Waals surface area contributed by atoms with Crippen molar-refractivity contribution in [2.75, 3.05) is 0 Å². The molecule has 0 saturated carbocycles. The monoisotopic (exact) mass is 360 g/mol. The molecule has 0 amide bonds. The molecule has 0 spiro atoms. The minimum absolute atomic E-state index is 0.267. The molecule has 1 unspecified atom stereocenters. The van der Waals surface area contributed by atoms with Crippen molar-refractivity contribution in [2.45, 2.75) is 5.38 Å². The molecule has 98 valence electrons. The number of ketones is 1. The summed E-state index contributed by atoms with van der Waals surface area (Å²) in [7, 11) is 0. The number of alkyl halides is 1. The van der Waals surface area contributed by atoms with Crippen LogP contribution < -0.4 is 0 Å². The van der Waals surface area contributed by atoms with Gasteiger partial charge in [0.05, 0.1) is 0 Å². The summed E-state index contributed by atoms with van der Waals surface area (Å²) in [4.78, 5) is 12.3. The molecule has 1 nitrogen and oxygen atoms in total. The quantitative estimate of drug-likeness (QED) is 0.528. The van der Waals surface area contributed by atoms with E-state index in [0.717, 1.165) is 0 Å². The molecule has 0 aromatic heterocycles. The number of carbonyl (C=O) groups excluding carboxylic acids is 1. The second-order valence-electron chi connectivity index (χ2n) is 3.90. The summed E-state index contributed by atoms with van der Waals surface area (Å²) in [5.74, 6) is -0.635. The molecule has 1 atom stereocenters. The fourth-order valence-electron chi connectivity index (χ4n) is 1.61. The van der Waals surface area contributed by atoms with Gasteiger partial charge in [0, 0.05) is 15.1 Å². The van der Waals surface area contributed by atoms with Gasteiger partial charge in [0.15, 0.2) is 5.78 Å². The van der Waals surface area contributed by atoms with Gasteiger partial charge in [-0.1, -0.05) is 23.7 Å². The Kier molecular flexibility index (Phi) is 4.61. The molecule has 0 saturated heterocycles. The summed E-state index contributed by atoms with van der Waals surface area (Å²) in [5, 5.41) is -0.339. The first kappa shape index (κ1) is 14.5. The molecule has 0 heterocycles. The van der Waals surface area contributed by atoms with E-state index in [4.69, 9.17) is 23.2 Å². The Labute approximate surface area is 128 Å². The number of carbonyl (C=O) groups is 1. The molecule has 0 aliphatic carbocycles. The third-order valence-corrected chi connectivity index (χ3v) is 3.93. The molecule has 2 aromatic carbocycles. The highest BCUT2D eigenvalue weighted by atomic mass is 79.9. The normalized spacial score (nSPS) is 12.2. The fraction of sp³-hybridized carbons (Fsp3) is 0.0714. The summed E-state index contributed by atoms with van der Waals surface area (Å²) >= 11 is 15.2. The van der Waals surface area contributed by atoms with Gasteiger partial charge in [-0.2, -0.15) is 0 Å². The van der Waals surface area contributed by atoms with E-state index in [1.165, 1.54) is 24.3 Å². The molecule has 0 aliphatic rings. The fourth-order valence-corrected chi connectivity index (χ4v) is 2.75. The molecule has 2 aromatic rings. The minimum Gasteiger partial charge on any atom is -0.292 e. The zero-order chi connectivity index (χ0) is 14.0. The Bertz CT molecular complexity index is 613. The van der Waals surface area contributed by atoms with Gasteiger partial charge in [0.2, 0.25) is 0 Å². The maximum Gasteiger partial charge on any atom is 0.186 e. The number of Topliss-reactive ketones (excluding diaryl/α,β-unsaturated/α-hetero) is 1. The standard InChI is InChI=1S/C14H8BrCl2FO/c15-12-7-9(16)3-6-11(12)14(19)13(17)8-1-4-10(18)5-2-8/h1-7,13H. The van der Waals surface area contributed by atoms with Crippen LogP contribution in [0.4, 0.5) is 4.39 Å². The van der Waals surface area contributed by atoms with E-state index in [9.17, 15) is 9.18 Å². The van der Waals surface area contributed by atoms with Crippen LogP contribution in [0.5, 0.6) is 0 Å². The van der Waals surface area contributed by atoms with E-state index in [-0.39, 0.29) is 11.6 Å². The van der Waals surface area contributed by atoms with Crippen molar-refractivity contribution in [2.24, 2.45) is 0 Å². The van der Waals surface area contributed by atoms with Crippen LogP contribution in [0.25, 0.3) is 0 Å². The van der Waals surface area contributed by atoms with Gasteiger partial charge < -0.3 is 0 Å². The molecule has 0 aliphatic heterocycles. The molecule has 0 N–H and O–H groups in total. The highest BCUT2D eigenvalue weighted by Crippen LogP contribution is 2.30. The molecular formula is C14H8BrCl2FO. The Balaban J connectivity index is 2.30. The summed E-state index contributed by atoms with van der Waals surface area (Å²) in [6, 6.07) is 10.4. The smallest absolute Gasteiger partial charge is 0.186 e. The van der Waals surface area contributed by atoms with Gasteiger partial charge >= 0.3 is 0 Å². The van der Waals surface area contributed by atoms with Crippen molar-refractivity contribution in [3.63, 3.8) is 0 Å². The highest BCUT2D eigenvalue weighted by Gasteiger charge is 2.21. The van der Waals surface area contributed by atoms with Crippen LogP contribution in [0.2, 0.25) is 5.02 Å². The van der Waals surface area contributed by atoms with Gasteiger partial charge in [0.25, 0.3) is 0 Å². The van der Waals surface area contributed by atoms with E-state index in [0.29, 0.717) is 20.6 Å². The van der Waals surface area contributed by atoms with E-state index in [1.807, 2.05) is 0 Å². The van der Waals surface area contributed by atoms with E-state index < -0.39 is 5.38 Å². The van der Waals surface area contributed by atoms with Gasteiger partial charge in [-0.3, -0.25) is 4.79 Å². The minimum atomic E-state index is -0.863. The number of hydrogen-bond acceptors (Lipinski definition) is 1. The molecule has 5 heteroatoms.